The van der Waals surface area contributed by atoms with Crippen LogP contribution >= 0.6 is 0 Å². The summed E-state index contributed by atoms with van der Waals surface area (Å²) in [6, 6.07) is 7.92. The molecule has 0 saturated carbocycles. The van der Waals surface area contributed by atoms with Crippen LogP contribution in [0.3, 0.4) is 0 Å². The minimum Gasteiger partial charge on any atom is -0.494 e. The molecule has 1 heterocycles. The van der Waals surface area contributed by atoms with E-state index in [1.54, 1.807) is 0 Å². The van der Waals surface area contributed by atoms with Crippen molar-refractivity contribution in [2.75, 3.05) is 32.8 Å². The van der Waals surface area contributed by atoms with Crippen LogP contribution in [-0.4, -0.2) is 54.4 Å². The Kier molecular flexibility index (Phi) is 6.64. The van der Waals surface area contributed by atoms with Gasteiger partial charge in [-0.2, -0.15) is 0 Å². The molecule has 0 atom stereocenters. The first kappa shape index (κ1) is 18.3. The summed E-state index contributed by atoms with van der Waals surface area (Å²) < 4.78 is 5.65. The molecule has 0 bridgehead atoms. The Morgan fingerprint density at radius 2 is 1.62 bits per heavy atom. The van der Waals surface area contributed by atoms with Crippen LogP contribution in [-0.2, 0) is 9.59 Å². The summed E-state index contributed by atoms with van der Waals surface area (Å²) in [4.78, 5) is 27.9. The van der Waals surface area contributed by atoms with E-state index >= 15 is 0 Å². The highest BCUT2D eigenvalue weighted by Gasteiger charge is 2.24. The molecule has 5 heteroatoms. The molecule has 1 aromatic rings. The molecular formula is C19H28N2O3. The summed E-state index contributed by atoms with van der Waals surface area (Å²) in [5.74, 6) is 1.19. The van der Waals surface area contributed by atoms with Crippen LogP contribution in [0, 0.1) is 12.8 Å². The molecule has 0 aromatic heterocycles. The fourth-order valence-corrected chi connectivity index (χ4v) is 2.75. The van der Waals surface area contributed by atoms with Gasteiger partial charge in [0.1, 0.15) is 5.75 Å². The maximum absolute atomic E-state index is 12.2. The zero-order valence-electron chi connectivity index (χ0n) is 15.0. The summed E-state index contributed by atoms with van der Waals surface area (Å²) in [5.41, 5.74) is 1.20. The molecule has 1 aliphatic rings. The van der Waals surface area contributed by atoms with Gasteiger partial charge in [0.15, 0.2) is 0 Å². The number of benzene rings is 1. The molecule has 0 spiro atoms. The van der Waals surface area contributed by atoms with Crippen molar-refractivity contribution >= 4 is 11.8 Å². The number of nitrogens with zero attached hydrogens (tertiary/aromatic N) is 2. The van der Waals surface area contributed by atoms with Gasteiger partial charge in [0.05, 0.1) is 6.61 Å². The van der Waals surface area contributed by atoms with E-state index in [1.807, 2.05) is 54.8 Å². The molecule has 0 unspecified atom stereocenters. The van der Waals surface area contributed by atoms with Gasteiger partial charge < -0.3 is 14.5 Å². The first-order valence-electron chi connectivity index (χ1n) is 8.73. The van der Waals surface area contributed by atoms with Crippen molar-refractivity contribution in [3.8, 4) is 5.75 Å². The lowest BCUT2D eigenvalue weighted by atomic mass is 10.1. The van der Waals surface area contributed by atoms with Crippen LogP contribution in [0.15, 0.2) is 24.3 Å². The summed E-state index contributed by atoms with van der Waals surface area (Å²) in [6.07, 6.45) is 1.20. The van der Waals surface area contributed by atoms with Crippen molar-refractivity contribution in [3.63, 3.8) is 0 Å². The first-order valence-corrected chi connectivity index (χ1v) is 8.73. The highest BCUT2D eigenvalue weighted by atomic mass is 16.5. The number of hydrogen-bond acceptors (Lipinski definition) is 3. The largest absolute Gasteiger partial charge is 0.494 e. The predicted octanol–water partition coefficient (Wildman–Crippen LogP) is 2.48. The number of rotatable bonds is 6. The second-order valence-corrected chi connectivity index (χ2v) is 6.63. The summed E-state index contributed by atoms with van der Waals surface area (Å²) in [7, 11) is 0. The maximum Gasteiger partial charge on any atom is 0.225 e. The second kappa shape index (κ2) is 8.71. The van der Waals surface area contributed by atoms with Crippen molar-refractivity contribution in [2.24, 2.45) is 5.92 Å². The van der Waals surface area contributed by atoms with Crippen molar-refractivity contribution in [1.82, 2.24) is 9.80 Å². The number of carbonyl (C=O) groups excluding carboxylic acids is 2. The number of piperazine rings is 1. The van der Waals surface area contributed by atoms with Gasteiger partial charge >= 0.3 is 0 Å². The Morgan fingerprint density at radius 3 is 2.21 bits per heavy atom. The van der Waals surface area contributed by atoms with Crippen molar-refractivity contribution in [2.45, 2.75) is 33.6 Å². The molecule has 1 saturated heterocycles. The number of ether oxygens (including phenoxy) is 1. The van der Waals surface area contributed by atoms with Gasteiger partial charge in [-0.15, -0.1) is 0 Å². The monoisotopic (exact) mass is 332 g/mol. The van der Waals surface area contributed by atoms with E-state index in [0.29, 0.717) is 45.6 Å². The minimum atomic E-state index is 0.0196. The molecule has 0 radical (unpaired) electrons. The summed E-state index contributed by atoms with van der Waals surface area (Å²) >= 11 is 0. The van der Waals surface area contributed by atoms with Gasteiger partial charge in [-0.25, -0.2) is 0 Å². The lowest BCUT2D eigenvalue weighted by Gasteiger charge is -2.35. The topological polar surface area (TPSA) is 49.9 Å². The molecule has 2 rings (SSSR count). The van der Waals surface area contributed by atoms with Crippen molar-refractivity contribution in [1.29, 1.82) is 0 Å². The van der Waals surface area contributed by atoms with Crippen LogP contribution in [0.25, 0.3) is 0 Å². The Hall–Kier alpha value is -2.04. The van der Waals surface area contributed by atoms with E-state index in [9.17, 15) is 9.59 Å². The number of amides is 2. The average molecular weight is 332 g/mol. The Balaban J connectivity index is 1.65. The molecule has 24 heavy (non-hydrogen) atoms. The van der Waals surface area contributed by atoms with E-state index in [1.165, 1.54) is 5.56 Å². The predicted molar refractivity (Wildman–Crippen MR) is 93.9 cm³/mol. The Bertz CT molecular complexity index is 546. The second-order valence-electron chi connectivity index (χ2n) is 6.63. The van der Waals surface area contributed by atoms with Crippen molar-refractivity contribution in [3.05, 3.63) is 29.8 Å². The highest BCUT2D eigenvalue weighted by molar-refractivity contribution is 5.79. The van der Waals surface area contributed by atoms with Gasteiger partial charge in [-0.1, -0.05) is 31.5 Å². The normalized spacial score (nSPS) is 14.8. The zero-order valence-corrected chi connectivity index (χ0v) is 15.0. The number of aryl methyl sites for hydroxylation is 1. The molecule has 132 valence electrons. The van der Waals surface area contributed by atoms with E-state index in [2.05, 4.69) is 0 Å². The van der Waals surface area contributed by atoms with Gasteiger partial charge in [0.2, 0.25) is 11.8 Å². The van der Waals surface area contributed by atoms with Crippen LogP contribution in [0.5, 0.6) is 5.75 Å². The van der Waals surface area contributed by atoms with Gasteiger partial charge in [0, 0.05) is 38.5 Å². The molecule has 0 aliphatic carbocycles. The van der Waals surface area contributed by atoms with Crippen molar-refractivity contribution < 1.29 is 14.3 Å². The zero-order chi connectivity index (χ0) is 17.5. The van der Waals surface area contributed by atoms with Crippen LogP contribution in [0.4, 0.5) is 0 Å². The average Bonchev–Trinajstić information content (AvgIpc) is 2.59. The molecule has 2 amide bonds. The van der Waals surface area contributed by atoms with Crippen LogP contribution in [0.2, 0.25) is 0 Å². The van der Waals surface area contributed by atoms with Gasteiger partial charge in [0.25, 0.3) is 0 Å². The van der Waals surface area contributed by atoms with E-state index < -0.39 is 0 Å². The standard InChI is InChI=1S/C19H28N2O3/c1-15(2)19(23)21-12-10-20(11-13-21)18(22)5-4-14-24-17-8-6-16(3)7-9-17/h6-9,15H,4-5,10-14H2,1-3H3. The number of hydrogen-bond donors (Lipinski definition) is 0. The van der Waals surface area contributed by atoms with E-state index in [4.69, 9.17) is 4.74 Å². The quantitative estimate of drug-likeness (QED) is 0.752. The Labute approximate surface area is 144 Å². The van der Waals surface area contributed by atoms with Crippen LogP contribution in [0.1, 0.15) is 32.3 Å². The van der Waals surface area contributed by atoms with Gasteiger partial charge in [-0.05, 0) is 25.5 Å². The summed E-state index contributed by atoms with van der Waals surface area (Å²) in [6.45, 7) is 8.96. The molecule has 1 fully saturated rings. The fourth-order valence-electron chi connectivity index (χ4n) is 2.75. The molecule has 5 nitrogen and oxygen atoms in total. The molecule has 1 aliphatic heterocycles. The lowest BCUT2D eigenvalue weighted by Crippen LogP contribution is -2.51. The van der Waals surface area contributed by atoms with E-state index in [0.717, 1.165) is 5.75 Å². The SMILES string of the molecule is Cc1ccc(OCCCC(=O)N2CCN(C(=O)C(C)C)CC2)cc1. The first-order chi connectivity index (χ1) is 11.5. The third-order valence-corrected chi connectivity index (χ3v) is 4.26. The fraction of sp³-hybridized carbons (Fsp3) is 0.579. The molecule has 0 N–H and O–H groups in total. The Morgan fingerprint density at radius 1 is 1.04 bits per heavy atom. The highest BCUT2D eigenvalue weighted by Crippen LogP contribution is 2.13. The molecular weight excluding hydrogens is 304 g/mol. The minimum absolute atomic E-state index is 0.0196. The van der Waals surface area contributed by atoms with Gasteiger partial charge in [-0.3, -0.25) is 9.59 Å². The smallest absolute Gasteiger partial charge is 0.225 e. The lowest BCUT2D eigenvalue weighted by molar-refractivity contribution is -0.141. The van der Waals surface area contributed by atoms with Crippen LogP contribution < -0.4 is 4.74 Å². The summed E-state index contributed by atoms with van der Waals surface area (Å²) in [5, 5.41) is 0. The van der Waals surface area contributed by atoms with E-state index in [-0.39, 0.29) is 17.7 Å². The third-order valence-electron chi connectivity index (χ3n) is 4.26. The maximum atomic E-state index is 12.2. The number of carbonyl (C=O) groups is 2. The molecule has 1 aromatic carbocycles. The third kappa shape index (κ3) is 5.25.